The van der Waals surface area contributed by atoms with Gasteiger partial charge >= 0.3 is 5.97 Å². The Morgan fingerprint density at radius 1 is 1.14 bits per heavy atom. The molecule has 0 unspecified atom stereocenters. The van der Waals surface area contributed by atoms with Crippen molar-refractivity contribution in [1.82, 2.24) is 9.78 Å². The molecular weight excluding hydrogens is 385 g/mol. The minimum atomic E-state index is -0.632. The molecule has 1 aromatic heterocycles. The van der Waals surface area contributed by atoms with E-state index in [4.69, 9.17) is 16.3 Å². The molecule has 6 nitrogen and oxygen atoms in total. The van der Waals surface area contributed by atoms with Gasteiger partial charge in [-0.1, -0.05) is 11.6 Å². The molecule has 0 radical (unpaired) electrons. The number of halogens is 2. The van der Waals surface area contributed by atoms with Crippen LogP contribution in [0.15, 0.2) is 48.5 Å². The van der Waals surface area contributed by atoms with Crippen LogP contribution in [0, 0.1) is 19.7 Å². The van der Waals surface area contributed by atoms with E-state index in [0.717, 1.165) is 23.1 Å². The number of hydrogen-bond donors (Lipinski definition) is 1. The average molecular weight is 402 g/mol. The summed E-state index contributed by atoms with van der Waals surface area (Å²) in [5.41, 5.74) is 3.30. The topological polar surface area (TPSA) is 73.2 Å². The van der Waals surface area contributed by atoms with Crippen molar-refractivity contribution in [3.63, 3.8) is 0 Å². The zero-order valence-electron chi connectivity index (χ0n) is 15.2. The second kappa shape index (κ2) is 8.22. The Morgan fingerprint density at radius 2 is 1.86 bits per heavy atom. The molecule has 0 aliphatic rings. The van der Waals surface area contributed by atoms with Gasteiger partial charge in [0, 0.05) is 11.4 Å². The maximum absolute atomic E-state index is 13.1. The van der Waals surface area contributed by atoms with E-state index < -0.39 is 24.3 Å². The minimum absolute atomic E-state index is 0.113. The van der Waals surface area contributed by atoms with E-state index in [2.05, 4.69) is 10.4 Å². The van der Waals surface area contributed by atoms with Crippen LogP contribution in [0.1, 0.15) is 21.7 Å². The van der Waals surface area contributed by atoms with Gasteiger partial charge in [-0.15, -0.1) is 0 Å². The fourth-order valence-corrected chi connectivity index (χ4v) is 2.79. The lowest BCUT2D eigenvalue weighted by Crippen LogP contribution is -2.21. The summed E-state index contributed by atoms with van der Waals surface area (Å²) in [6, 6.07) is 12.4. The number of hydrogen-bond acceptors (Lipinski definition) is 4. The number of amides is 1. The van der Waals surface area contributed by atoms with E-state index in [-0.39, 0.29) is 5.02 Å². The van der Waals surface area contributed by atoms with E-state index in [1.807, 2.05) is 19.9 Å². The quantitative estimate of drug-likeness (QED) is 0.654. The summed E-state index contributed by atoms with van der Waals surface area (Å²) in [7, 11) is 0. The Hall–Kier alpha value is -3.19. The Morgan fingerprint density at radius 3 is 2.46 bits per heavy atom. The first-order chi connectivity index (χ1) is 13.3. The number of aryl methyl sites for hydroxylation is 2. The van der Waals surface area contributed by atoms with Crippen LogP contribution in [0.3, 0.4) is 0 Å². The molecular formula is C20H17ClFN3O3. The maximum atomic E-state index is 13.1. The Bertz CT molecular complexity index is 1030. The molecule has 0 atom stereocenters. The van der Waals surface area contributed by atoms with E-state index >= 15 is 0 Å². The van der Waals surface area contributed by atoms with Crippen LogP contribution in [0.5, 0.6) is 0 Å². The number of aromatic nitrogens is 2. The number of esters is 1. The Kier molecular flexibility index (Phi) is 5.75. The number of anilines is 1. The molecule has 28 heavy (non-hydrogen) atoms. The van der Waals surface area contributed by atoms with Crippen molar-refractivity contribution in [2.45, 2.75) is 13.8 Å². The smallest absolute Gasteiger partial charge is 0.338 e. The molecule has 0 aliphatic carbocycles. The second-order valence-electron chi connectivity index (χ2n) is 6.14. The van der Waals surface area contributed by atoms with Gasteiger partial charge in [-0.2, -0.15) is 5.10 Å². The van der Waals surface area contributed by atoms with E-state index in [0.29, 0.717) is 11.3 Å². The summed E-state index contributed by atoms with van der Waals surface area (Å²) in [6.07, 6.45) is 0. The fourth-order valence-electron chi connectivity index (χ4n) is 2.61. The molecule has 2 aromatic carbocycles. The summed E-state index contributed by atoms with van der Waals surface area (Å²) in [4.78, 5) is 24.0. The van der Waals surface area contributed by atoms with Crippen molar-refractivity contribution in [2.75, 3.05) is 11.9 Å². The molecule has 0 aliphatic heterocycles. The molecule has 144 valence electrons. The first-order valence-corrected chi connectivity index (χ1v) is 8.77. The van der Waals surface area contributed by atoms with Gasteiger partial charge in [-0.25, -0.2) is 13.9 Å². The lowest BCUT2D eigenvalue weighted by Gasteiger charge is -2.08. The molecule has 1 heterocycles. The number of nitrogens with one attached hydrogen (secondary N) is 1. The highest BCUT2D eigenvalue weighted by atomic mass is 35.5. The van der Waals surface area contributed by atoms with E-state index in [1.54, 1.807) is 28.9 Å². The summed E-state index contributed by atoms with van der Waals surface area (Å²) in [6.45, 7) is 3.36. The van der Waals surface area contributed by atoms with Crippen LogP contribution in [0.4, 0.5) is 10.1 Å². The van der Waals surface area contributed by atoms with Crippen LogP contribution in [0.25, 0.3) is 5.69 Å². The molecule has 0 saturated carbocycles. The Labute approximate surface area is 165 Å². The lowest BCUT2D eigenvalue weighted by molar-refractivity contribution is -0.119. The van der Waals surface area contributed by atoms with Crippen LogP contribution in [-0.2, 0) is 9.53 Å². The third kappa shape index (κ3) is 4.55. The van der Waals surface area contributed by atoms with Crippen LogP contribution >= 0.6 is 11.6 Å². The molecule has 1 N–H and O–H groups in total. The highest BCUT2D eigenvalue weighted by molar-refractivity contribution is 6.31. The van der Waals surface area contributed by atoms with Crippen molar-refractivity contribution >= 4 is 29.2 Å². The molecule has 3 rings (SSSR count). The summed E-state index contributed by atoms with van der Waals surface area (Å²) >= 11 is 5.66. The van der Waals surface area contributed by atoms with Gasteiger partial charge in [-0.05, 0) is 62.4 Å². The highest BCUT2D eigenvalue weighted by Gasteiger charge is 2.12. The SMILES string of the molecule is Cc1cc(C)n(-c2ccc(C(=O)OCC(=O)Nc3ccc(F)c(Cl)c3)cc2)n1. The number of nitrogens with zero attached hydrogens (tertiary/aromatic N) is 2. The molecule has 8 heteroatoms. The summed E-state index contributed by atoms with van der Waals surface area (Å²) in [5.74, 6) is -1.78. The van der Waals surface area contributed by atoms with Gasteiger partial charge in [0.25, 0.3) is 5.91 Å². The van der Waals surface area contributed by atoms with Gasteiger partial charge < -0.3 is 10.1 Å². The number of carbonyl (C=O) groups is 2. The van der Waals surface area contributed by atoms with Crippen LogP contribution in [-0.4, -0.2) is 28.3 Å². The lowest BCUT2D eigenvalue weighted by atomic mass is 10.2. The number of benzene rings is 2. The van der Waals surface area contributed by atoms with Crippen molar-refractivity contribution < 1.29 is 18.7 Å². The average Bonchev–Trinajstić information content (AvgIpc) is 3.01. The molecule has 3 aromatic rings. The van der Waals surface area contributed by atoms with Crippen molar-refractivity contribution in [2.24, 2.45) is 0 Å². The summed E-state index contributed by atoms with van der Waals surface area (Å²) in [5, 5.41) is 6.74. The second-order valence-corrected chi connectivity index (χ2v) is 6.55. The molecule has 1 amide bonds. The predicted molar refractivity (Wildman–Crippen MR) is 103 cm³/mol. The number of rotatable bonds is 5. The van der Waals surface area contributed by atoms with Gasteiger partial charge in [0.2, 0.25) is 0 Å². The first kappa shape index (κ1) is 19.6. The van der Waals surface area contributed by atoms with Crippen molar-refractivity contribution in [3.05, 3.63) is 76.3 Å². The largest absolute Gasteiger partial charge is 0.452 e. The third-order valence-corrected chi connectivity index (χ3v) is 4.18. The van der Waals surface area contributed by atoms with Crippen LogP contribution < -0.4 is 5.32 Å². The van der Waals surface area contributed by atoms with E-state index in [9.17, 15) is 14.0 Å². The zero-order chi connectivity index (χ0) is 20.3. The zero-order valence-corrected chi connectivity index (χ0v) is 16.0. The molecule has 0 bridgehead atoms. The standard InChI is InChI=1S/C20H17ClFN3O3/c1-12-9-13(2)25(24-12)16-6-3-14(4-7-16)20(27)28-11-19(26)23-15-5-8-18(22)17(21)10-15/h3-10H,11H2,1-2H3,(H,23,26). The minimum Gasteiger partial charge on any atom is -0.452 e. The maximum Gasteiger partial charge on any atom is 0.338 e. The predicted octanol–water partition coefficient (Wildman–Crippen LogP) is 4.08. The monoisotopic (exact) mass is 401 g/mol. The van der Waals surface area contributed by atoms with Crippen LogP contribution in [0.2, 0.25) is 5.02 Å². The number of ether oxygens (including phenoxy) is 1. The third-order valence-electron chi connectivity index (χ3n) is 3.89. The first-order valence-electron chi connectivity index (χ1n) is 8.39. The van der Waals surface area contributed by atoms with Gasteiger partial charge in [-0.3, -0.25) is 4.79 Å². The molecule has 0 spiro atoms. The van der Waals surface area contributed by atoms with Crippen molar-refractivity contribution in [1.29, 1.82) is 0 Å². The van der Waals surface area contributed by atoms with Gasteiger partial charge in [0.15, 0.2) is 6.61 Å². The van der Waals surface area contributed by atoms with Gasteiger partial charge in [0.1, 0.15) is 5.82 Å². The normalized spacial score (nSPS) is 10.6. The molecule has 0 saturated heterocycles. The van der Waals surface area contributed by atoms with E-state index in [1.165, 1.54) is 12.1 Å². The number of carbonyl (C=O) groups excluding carboxylic acids is 2. The highest BCUT2D eigenvalue weighted by Crippen LogP contribution is 2.19. The fraction of sp³-hybridized carbons (Fsp3) is 0.150. The van der Waals surface area contributed by atoms with Gasteiger partial charge in [0.05, 0.1) is 22.0 Å². The molecule has 0 fully saturated rings. The Balaban J connectivity index is 1.57. The van der Waals surface area contributed by atoms with Crippen molar-refractivity contribution in [3.8, 4) is 5.69 Å². The summed E-state index contributed by atoms with van der Waals surface area (Å²) < 4.78 is 19.9.